The Morgan fingerprint density at radius 2 is 1.91 bits per heavy atom. The number of amides is 1. The summed E-state index contributed by atoms with van der Waals surface area (Å²) in [5, 5.41) is 0. The molecule has 7 nitrogen and oxygen atoms in total. The summed E-state index contributed by atoms with van der Waals surface area (Å²) >= 11 is 0. The van der Waals surface area contributed by atoms with Crippen LogP contribution in [-0.2, 0) is 19.6 Å². The van der Waals surface area contributed by atoms with E-state index in [0.717, 1.165) is 0 Å². The number of ether oxygens (including phenoxy) is 1. The first kappa shape index (κ1) is 18.6. The fourth-order valence-electron chi connectivity index (χ4n) is 3.20. The van der Waals surface area contributed by atoms with Crippen molar-refractivity contribution in [3.05, 3.63) is 0 Å². The molecule has 0 unspecified atom stereocenters. The van der Waals surface area contributed by atoms with Gasteiger partial charge in [0.15, 0.2) is 0 Å². The van der Waals surface area contributed by atoms with E-state index in [2.05, 4.69) is 13.8 Å². The van der Waals surface area contributed by atoms with E-state index in [0.29, 0.717) is 51.7 Å². The Labute approximate surface area is 139 Å². The number of sulfonamides is 1. The first-order valence-corrected chi connectivity index (χ1v) is 10.1. The predicted molar refractivity (Wildman–Crippen MR) is 88.7 cm³/mol. The molecule has 134 valence electrons. The standard InChI is InChI=1S/C15H29N3O4S/c1-12(2)16(3)11-15(19)17-7-5-13-14(6-8-17)22-10-9-18(13)23(4,20)21/h12-14H,5-11H2,1-4H3/t13-,14-/m1/s1. The maximum atomic E-state index is 12.5. The lowest BCUT2D eigenvalue weighted by molar-refractivity contribution is -0.132. The number of nitrogens with zero attached hydrogens (tertiary/aromatic N) is 3. The Morgan fingerprint density at radius 1 is 1.26 bits per heavy atom. The van der Waals surface area contributed by atoms with Gasteiger partial charge in [-0.1, -0.05) is 0 Å². The summed E-state index contributed by atoms with van der Waals surface area (Å²) in [5.74, 6) is 0.103. The summed E-state index contributed by atoms with van der Waals surface area (Å²) < 4.78 is 31.3. The van der Waals surface area contributed by atoms with Gasteiger partial charge in [0.1, 0.15) is 0 Å². The predicted octanol–water partition coefficient (Wildman–Crippen LogP) is -0.0220. The molecule has 0 aromatic carbocycles. The fourth-order valence-corrected chi connectivity index (χ4v) is 4.34. The first-order valence-electron chi connectivity index (χ1n) is 8.26. The van der Waals surface area contributed by atoms with Crippen molar-refractivity contribution in [2.24, 2.45) is 0 Å². The van der Waals surface area contributed by atoms with Gasteiger partial charge in [0.05, 0.1) is 31.6 Å². The molecular formula is C15H29N3O4S. The van der Waals surface area contributed by atoms with Crippen LogP contribution in [0.25, 0.3) is 0 Å². The van der Waals surface area contributed by atoms with Crippen molar-refractivity contribution in [2.45, 2.75) is 44.9 Å². The minimum Gasteiger partial charge on any atom is -0.375 e. The van der Waals surface area contributed by atoms with E-state index in [1.54, 1.807) is 4.31 Å². The summed E-state index contributed by atoms with van der Waals surface area (Å²) in [7, 11) is -1.30. The molecule has 0 aromatic heterocycles. The van der Waals surface area contributed by atoms with Gasteiger partial charge in [0.25, 0.3) is 0 Å². The molecule has 0 aromatic rings. The molecule has 0 saturated carbocycles. The zero-order valence-electron chi connectivity index (χ0n) is 14.6. The van der Waals surface area contributed by atoms with Crippen LogP contribution >= 0.6 is 0 Å². The van der Waals surface area contributed by atoms with Crippen LogP contribution in [0.3, 0.4) is 0 Å². The second kappa shape index (κ2) is 7.46. The molecule has 2 fully saturated rings. The monoisotopic (exact) mass is 347 g/mol. The van der Waals surface area contributed by atoms with Crippen molar-refractivity contribution in [1.82, 2.24) is 14.1 Å². The fraction of sp³-hybridized carbons (Fsp3) is 0.933. The normalized spacial score (nSPS) is 27.1. The highest BCUT2D eigenvalue weighted by molar-refractivity contribution is 7.88. The Balaban J connectivity index is 2.02. The number of likely N-dealkylation sites (tertiary alicyclic amines) is 1. The van der Waals surface area contributed by atoms with Crippen LogP contribution in [0.1, 0.15) is 26.7 Å². The van der Waals surface area contributed by atoms with Crippen molar-refractivity contribution < 1.29 is 17.9 Å². The Bertz CT molecular complexity index is 523. The maximum Gasteiger partial charge on any atom is 0.236 e. The van der Waals surface area contributed by atoms with Crippen molar-refractivity contribution in [2.75, 3.05) is 46.1 Å². The molecule has 0 radical (unpaired) electrons. The van der Waals surface area contributed by atoms with E-state index in [1.165, 1.54) is 6.26 Å². The highest BCUT2D eigenvalue weighted by atomic mass is 32.2. The van der Waals surface area contributed by atoms with Gasteiger partial charge >= 0.3 is 0 Å². The number of morpholine rings is 1. The minimum atomic E-state index is -3.24. The zero-order valence-corrected chi connectivity index (χ0v) is 15.4. The number of likely N-dealkylation sites (N-methyl/N-ethyl adjacent to an activating group) is 1. The summed E-state index contributed by atoms with van der Waals surface area (Å²) in [6, 6.07) is 0.164. The molecule has 0 spiro atoms. The topological polar surface area (TPSA) is 70.2 Å². The lowest BCUT2D eigenvalue weighted by Gasteiger charge is -2.38. The summed E-state index contributed by atoms with van der Waals surface area (Å²) in [6.45, 7) is 6.56. The molecule has 1 amide bonds. The SMILES string of the molecule is CC(C)N(C)CC(=O)N1CC[C@@H]2[C@@H](CC1)OCCN2S(C)(=O)=O. The zero-order chi connectivity index (χ0) is 17.2. The van der Waals surface area contributed by atoms with Gasteiger partial charge in [0.2, 0.25) is 15.9 Å². The average molecular weight is 347 g/mol. The number of fused-ring (bicyclic) bond motifs is 1. The van der Waals surface area contributed by atoms with Crippen LogP contribution in [0.2, 0.25) is 0 Å². The molecule has 0 bridgehead atoms. The largest absolute Gasteiger partial charge is 0.375 e. The molecule has 2 atom stereocenters. The maximum absolute atomic E-state index is 12.5. The van der Waals surface area contributed by atoms with E-state index >= 15 is 0 Å². The van der Waals surface area contributed by atoms with Crippen LogP contribution < -0.4 is 0 Å². The molecule has 8 heteroatoms. The minimum absolute atomic E-state index is 0.103. The summed E-state index contributed by atoms with van der Waals surface area (Å²) in [5.41, 5.74) is 0. The third kappa shape index (κ3) is 4.65. The lowest BCUT2D eigenvalue weighted by Crippen LogP contribution is -2.53. The average Bonchev–Trinajstić information content (AvgIpc) is 2.68. The van der Waals surface area contributed by atoms with Gasteiger partial charge in [-0.25, -0.2) is 8.42 Å². The van der Waals surface area contributed by atoms with Gasteiger partial charge in [-0.15, -0.1) is 0 Å². The second-order valence-corrected chi connectivity index (χ2v) is 8.75. The van der Waals surface area contributed by atoms with E-state index < -0.39 is 10.0 Å². The third-order valence-electron chi connectivity index (χ3n) is 4.87. The van der Waals surface area contributed by atoms with Gasteiger partial charge in [-0.05, 0) is 33.7 Å². The number of hydrogen-bond donors (Lipinski definition) is 0. The molecule has 0 N–H and O–H groups in total. The van der Waals surface area contributed by atoms with Crippen LogP contribution in [0.4, 0.5) is 0 Å². The summed E-state index contributed by atoms with van der Waals surface area (Å²) in [6.07, 6.45) is 2.46. The quantitative estimate of drug-likeness (QED) is 0.715. The Morgan fingerprint density at radius 3 is 2.52 bits per heavy atom. The molecule has 23 heavy (non-hydrogen) atoms. The third-order valence-corrected chi connectivity index (χ3v) is 6.17. The second-order valence-electron chi connectivity index (χ2n) is 6.82. The summed E-state index contributed by atoms with van der Waals surface area (Å²) in [4.78, 5) is 16.3. The molecule has 2 rings (SSSR count). The van der Waals surface area contributed by atoms with Crippen LogP contribution in [0, 0.1) is 0 Å². The molecule has 2 heterocycles. The number of hydrogen-bond acceptors (Lipinski definition) is 5. The van der Waals surface area contributed by atoms with Crippen LogP contribution in [-0.4, -0.2) is 92.7 Å². The number of carbonyl (C=O) groups excluding carboxylic acids is 1. The molecular weight excluding hydrogens is 318 g/mol. The van der Waals surface area contributed by atoms with Gasteiger partial charge in [-0.3, -0.25) is 9.69 Å². The van der Waals surface area contributed by atoms with Gasteiger partial charge < -0.3 is 9.64 Å². The Kier molecular flexibility index (Phi) is 6.05. The van der Waals surface area contributed by atoms with E-state index in [1.807, 2.05) is 16.8 Å². The number of rotatable bonds is 4. The van der Waals surface area contributed by atoms with E-state index in [4.69, 9.17) is 4.74 Å². The molecule has 2 saturated heterocycles. The van der Waals surface area contributed by atoms with Crippen molar-refractivity contribution in [3.8, 4) is 0 Å². The van der Waals surface area contributed by atoms with Crippen molar-refractivity contribution >= 4 is 15.9 Å². The van der Waals surface area contributed by atoms with Crippen LogP contribution in [0.5, 0.6) is 0 Å². The highest BCUT2D eigenvalue weighted by Gasteiger charge is 2.39. The van der Waals surface area contributed by atoms with E-state index in [-0.39, 0.29) is 18.1 Å². The highest BCUT2D eigenvalue weighted by Crippen LogP contribution is 2.25. The molecule has 2 aliphatic heterocycles. The van der Waals surface area contributed by atoms with Crippen molar-refractivity contribution in [1.29, 1.82) is 0 Å². The van der Waals surface area contributed by atoms with Gasteiger partial charge in [0, 0.05) is 25.7 Å². The molecule has 2 aliphatic rings. The van der Waals surface area contributed by atoms with E-state index in [9.17, 15) is 13.2 Å². The first-order chi connectivity index (χ1) is 10.7. The lowest BCUT2D eigenvalue weighted by atomic mass is 10.0. The Hall–Kier alpha value is -0.700. The van der Waals surface area contributed by atoms with Crippen molar-refractivity contribution in [3.63, 3.8) is 0 Å². The smallest absolute Gasteiger partial charge is 0.236 e. The molecule has 0 aliphatic carbocycles. The van der Waals surface area contributed by atoms with Crippen LogP contribution in [0.15, 0.2) is 0 Å². The number of carbonyl (C=O) groups is 1. The van der Waals surface area contributed by atoms with Gasteiger partial charge in [-0.2, -0.15) is 4.31 Å².